The summed E-state index contributed by atoms with van der Waals surface area (Å²) in [5.41, 5.74) is 5.71. The van der Waals surface area contributed by atoms with E-state index in [1.807, 2.05) is 20.2 Å². The molecule has 8 nitrogen and oxygen atoms in total. The van der Waals surface area contributed by atoms with Crippen LogP contribution in [0.15, 0.2) is 22.7 Å². The van der Waals surface area contributed by atoms with Gasteiger partial charge in [-0.2, -0.15) is 15.0 Å². The van der Waals surface area contributed by atoms with E-state index in [2.05, 4.69) is 41.6 Å². The molecule has 0 bridgehead atoms. The monoisotopic (exact) mass is 348 g/mol. The van der Waals surface area contributed by atoms with Gasteiger partial charge in [-0.3, -0.25) is 5.10 Å². The quantitative estimate of drug-likeness (QED) is 0.646. The van der Waals surface area contributed by atoms with Gasteiger partial charge in [0, 0.05) is 25.4 Å². The molecule has 0 saturated carbocycles. The van der Waals surface area contributed by atoms with Crippen LogP contribution in [-0.2, 0) is 12.2 Å². The minimum Gasteiger partial charge on any atom is -0.368 e. The number of nitrogen functional groups attached to an aromatic ring is 1. The molecule has 10 heteroatoms. The molecule has 3 aromatic rings. The number of hydrogen-bond acceptors (Lipinski definition) is 9. The number of rotatable bonds is 6. The van der Waals surface area contributed by atoms with Gasteiger partial charge >= 0.3 is 0 Å². The van der Waals surface area contributed by atoms with E-state index in [1.54, 1.807) is 16.2 Å². The van der Waals surface area contributed by atoms with Crippen molar-refractivity contribution >= 4 is 35.0 Å². The Kier molecular flexibility index (Phi) is 4.72. The Hall–Kier alpha value is -2.20. The van der Waals surface area contributed by atoms with Crippen LogP contribution in [0.2, 0.25) is 0 Å². The molecule has 0 saturated heterocycles. The van der Waals surface area contributed by atoms with Gasteiger partial charge in [-0.05, 0) is 11.4 Å². The molecule has 0 spiro atoms. The number of thioether (sulfide) groups is 1. The molecule has 0 aliphatic heterocycles. The molecule has 3 N–H and O–H groups in total. The highest BCUT2D eigenvalue weighted by Crippen LogP contribution is 2.19. The number of nitrogens with zero attached hydrogens (tertiary/aromatic N) is 6. The Morgan fingerprint density at radius 2 is 2.13 bits per heavy atom. The first-order valence-corrected chi connectivity index (χ1v) is 8.71. The summed E-state index contributed by atoms with van der Waals surface area (Å²) in [6, 6.07) is 4.11. The summed E-state index contributed by atoms with van der Waals surface area (Å²) in [5.74, 6) is 2.74. The van der Waals surface area contributed by atoms with Gasteiger partial charge in [0.25, 0.3) is 0 Å². The van der Waals surface area contributed by atoms with E-state index in [-0.39, 0.29) is 5.95 Å². The zero-order valence-electron chi connectivity index (χ0n) is 12.7. The maximum absolute atomic E-state index is 5.71. The molecular weight excluding hydrogens is 332 g/mol. The number of aromatic amines is 1. The van der Waals surface area contributed by atoms with Crippen LogP contribution in [0, 0.1) is 0 Å². The number of nitrogens with one attached hydrogen (secondary N) is 1. The minimum absolute atomic E-state index is 0.215. The summed E-state index contributed by atoms with van der Waals surface area (Å²) in [7, 11) is 3.72. The Balaban J connectivity index is 1.63. The second-order valence-corrected chi connectivity index (χ2v) is 6.89. The van der Waals surface area contributed by atoms with Gasteiger partial charge in [-0.1, -0.05) is 17.8 Å². The fraction of sp³-hybridized carbons (Fsp3) is 0.308. The molecule has 0 amide bonds. The highest BCUT2D eigenvalue weighted by molar-refractivity contribution is 7.98. The van der Waals surface area contributed by atoms with E-state index in [4.69, 9.17) is 5.73 Å². The molecule has 3 rings (SSSR count). The molecule has 3 aromatic heterocycles. The van der Waals surface area contributed by atoms with Crippen LogP contribution in [0.3, 0.4) is 0 Å². The minimum atomic E-state index is 0.215. The highest BCUT2D eigenvalue weighted by Gasteiger charge is 2.10. The molecular formula is C13H16N8S2. The van der Waals surface area contributed by atoms with E-state index >= 15 is 0 Å². The molecule has 23 heavy (non-hydrogen) atoms. The number of aromatic nitrogens is 6. The molecule has 0 atom stereocenters. The van der Waals surface area contributed by atoms with Crippen LogP contribution in [0.4, 0.5) is 11.9 Å². The van der Waals surface area contributed by atoms with Crippen molar-refractivity contribution in [3.63, 3.8) is 0 Å². The predicted octanol–water partition coefficient (Wildman–Crippen LogP) is 1.58. The number of anilines is 2. The van der Waals surface area contributed by atoms with Crippen molar-refractivity contribution in [1.82, 2.24) is 30.1 Å². The lowest BCUT2D eigenvalue weighted by atomic mass is 10.3. The van der Waals surface area contributed by atoms with E-state index in [0.717, 1.165) is 12.2 Å². The van der Waals surface area contributed by atoms with Gasteiger partial charge in [0.15, 0.2) is 0 Å². The predicted molar refractivity (Wildman–Crippen MR) is 91.6 cm³/mol. The van der Waals surface area contributed by atoms with Crippen molar-refractivity contribution in [2.24, 2.45) is 0 Å². The van der Waals surface area contributed by atoms with Gasteiger partial charge in [0.05, 0.1) is 5.75 Å². The molecule has 0 radical (unpaired) electrons. The third-order valence-corrected chi connectivity index (χ3v) is 4.57. The Morgan fingerprint density at radius 1 is 1.26 bits per heavy atom. The van der Waals surface area contributed by atoms with Crippen LogP contribution < -0.4 is 10.6 Å². The summed E-state index contributed by atoms with van der Waals surface area (Å²) >= 11 is 3.16. The normalized spacial score (nSPS) is 10.9. The van der Waals surface area contributed by atoms with Gasteiger partial charge in [-0.25, -0.2) is 4.98 Å². The lowest BCUT2D eigenvalue weighted by molar-refractivity contribution is 0.914. The van der Waals surface area contributed by atoms with Crippen molar-refractivity contribution in [3.05, 3.63) is 34.0 Å². The lowest BCUT2D eigenvalue weighted by Crippen LogP contribution is -2.15. The molecule has 0 aromatic carbocycles. The second-order valence-electron chi connectivity index (χ2n) is 4.91. The fourth-order valence-electron chi connectivity index (χ4n) is 1.82. The number of H-pyrrole nitrogens is 1. The third kappa shape index (κ3) is 4.17. The van der Waals surface area contributed by atoms with Crippen LogP contribution in [0.25, 0.3) is 0 Å². The van der Waals surface area contributed by atoms with Gasteiger partial charge in [0.1, 0.15) is 11.6 Å². The average molecular weight is 348 g/mol. The summed E-state index contributed by atoms with van der Waals surface area (Å²) in [6.45, 7) is 0. The van der Waals surface area contributed by atoms with E-state index in [1.165, 1.54) is 16.6 Å². The molecule has 0 aliphatic carbocycles. The number of nitrogens with two attached hydrogens (primary N) is 1. The molecule has 120 valence electrons. The van der Waals surface area contributed by atoms with Gasteiger partial charge in [0.2, 0.25) is 17.1 Å². The molecule has 3 heterocycles. The van der Waals surface area contributed by atoms with Crippen molar-refractivity contribution < 1.29 is 0 Å². The van der Waals surface area contributed by atoms with E-state index < -0.39 is 0 Å². The van der Waals surface area contributed by atoms with Crippen molar-refractivity contribution in [3.8, 4) is 0 Å². The van der Waals surface area contributed by atoms with Gasteiger partial charge in [-0.15, -0.1) is 16.4 Å². The SMILES string of the molecule is CN(C)c1nc(N)nc(CSc2n[nH]c(Cc3cccs3)n2)n1. The Bertz CT molecular complexity index is 768. The van der Waals surface area contributed by atoms with Crippen LogP contribution in [0.1, 0.15) is 16.5 Å². The zero-order valence-corrected chi connectivity index (χ0v) is 14.4. The fourth-order valence-corrected chi connectivity index (χ4v) is 3.20. The average Bonchev–Trinajstić information content (AvgIpc) is 3.17. The van der Waals surface area contributed by atoms with Crippen LogP contribution in [0.5, 0.6) is 0 Å². The maximum atomic E-state index is 5.71. The van der Waals surface area contributed by atoms with Gasteiger partial charge < -0.3 is 10.6 Å². The lowest BCUT2D eigenvalue weighted by Gasteiger charge is -2.10. The van der Waals surface area contributed by atoms with E-state index in [9.17, 15) is 0 Å². The zero-order chi connectivity index (χ0) is 16.2. The maximum Gasteiger partial charge on any atom is 0.229 e. The molecule has 0 aliphatic rings. The second kappa shape index (κ2) is 6.92. The van der Waals surface area contributed by atoms with Crippen molar-refractivity contribution in [2.75, 3.05) is 24.7 Å². The number of hydrogen-bond donors (Lipinski definition) is 2. The molecule has 0 fully saturated rings. The largest absolute Gasteiger partial charge is 0.368 e. The third-order valence-electron chi connectivity index (χ3n) is 2.85. The van der Waals surface area contributed by atoms with Crippen LogP contribution >= 0.6 is 23.1 Å². The van der Waals surface area contributed by atoms with E-state index in [0.29, 0.717) is 22.7 Å². The van der Waals surface area contributed by atoms with Crippen molar-refractivity contribution in [2.45, 2.75) is 17.3 Å². The first-order chi connectivity index (χ1) is 11.1. The Labute approximate surface area is 141 Å². The summed E-state index contributed by atoms with van der Waals surface area (Å²) in [6.07, 6.45) is 0.759. The molecule has 0 unspecified atom stereocenters. The first kappa shape index (κ1) is 15.7. The topological polar surface area (TPSA) is 110 Å². The summed E-state index contributed by atoms with van der Waals surface area (Å²) < 4.78 is 0. The first-order valence-electron chi connectivity index (χ1n) is 6.84. The number of thiophene rings is 1. The van der Waals surface area contributed by atoms with Crippen molar-refractivity contribution in [1.29, 1.82) is 0 Å². The standard InChI is InChI=1S/C13H16N8S2/c1-21(2)12-16-10(15-11(14)18-12)7-23-13-17-9(19-20-13)6-8-4-3-5-22-8/h3-5H,6-7H2,1-2H3,(H,17,19,20)(H2,14,15,16,18). The highest BCUT2D eigenvalue weighted by atomic mass is 32.2. The summed E-state index contributed by atoms with van der Waals surface area (Å²) in [5, 5.41) is 9.89. The summed E-state index contributed by atoms with van der Waals surface area (Å²) in [4.78, 5) is 20.1. The Morgan fingerprint density at radius 3 is 2.87 bits per heavy atom. The van der Waals surface area contributed by atoms with Crippen LogP contribution in [-0.4, -0.2) is 44.2 Å². The smallest absolute Gasteiger partial charge is 0.229 e.